The number of rotatable bonds is 8. The van der Waals surface area contributed by atoms with Crippen molar-refractivity contribution in [1.29, 1.82) is 0 Å². The summed E-state index contributed by atoms with van der Waals surface area (Å²) in [6.45, 7) is 4.09. The molecule has 0 spiro atoms. The van der Waals surface area contributed by atoms with Gasteiger partial charge in [-0.15, -0.1) is 11.3 Å². The van der Waals surface area contributed by atoms with Gasteiger partial charge in [-0.05, 0) is 18.9 Å². The maximum atomic E-state index is 12.3. The van der Waals surface area contributed by atoms with E-state index < -0.39 is 0 Å². The van der Waals surface area contributed by atoms with E-state index in [9.17, 15) is 9.59 Å². The molecule has 0 radical (unpaired) electrons. The molecule has 7 heteroatoms. The van der Waals surface area contributed by atoms with Crippen LogP contribution in [0, 0.1) is 12.8 Å². The highest BCUT2D eigenvalue weighted by molar-refractivity contribution is 7.09. The Bertz CT molecular complexity index is 788. The maximum Gasteiger partial charge on any atom is 0.225 e. The van der Waals surface area contributed by atoms with Gasteiger partial charge in [0.05, 0.1) is 23.2 Å². The van der Waals surface area contributed by atoms with Crippen molar-refractivity contribution in [1.82, 2.24) is 15.2 Å². The average Bonchev–Trinajstić information content (AvgIpc) is 3.26. The fraction of sp³-hybridized carbons (Fsp3) is 0.450. The summed E-state index contributed by atoms with van der Waals surface area (Å²) in [4.78, 5) is 30.4. The number of carbonyl (C=O) groups is 2. The minimum atomic E-state index is -0.260. The van der Waals surface area contributed by atoms with Crippen LogP contribution in [0.2, 0.25) is 0 Å². The van der Waals surface area contributed by atoms with Crippen molar-refractivity contribution in [3.05, 3.63) is 40.2 Å². The minimum absolute atomic E-state index is 0.0278. The number of amides is 2. The van der Waals surface area contributed by atoms with E-state index in [4.69, 9.17) is 4.74 Å². The van der Waals surface area contributed by atoms with Crippen LogP contribution in [0.4, 0.5) is 0 Å². The van der Waals surface area contributed by atoms with E-state index >= 15 is 0 Å². The van der Waals surface area contributed by atoms with Gasteiger partial charge in [-0.1, -0.05) is 24.3 Å². The molecule has 1 unspecified atom stereocenters. The molecule has 2 aromatic rings. The van der Waals surface area contributed by atoms with Gasteiger partial charge in [0, 0.05) is 44.1 Å². The van der Waals surface area contributed by atoms with E-state index in [-0.39, 0.29) is 24.2 Å². The topological polar surface area (TPSA) is 71.5 Å². The number of nitrogens with one attached hydrogen (secondary N) is 1. The quantitative estimate of drug-likeness (QED) is 0.754. The van der Waals surface area contributed by atoms with Gasteiger partial charge >= 0.3 is 0 Å². The van der Waals surface area contributed by atoms with Crippen LogP contribution < -0.4 is 5.32 Å². The Morgan fingerprint density at radius 1 is 1.37 bits per heavy atom. The van der Waals surface area contributed by atoms with Crippen molar-refractivity contribution in [3.63, 3.8) is 0 Å². The van der Waals surface area contributed by atoms with Gasteiger partial charge in [0.25, 0.3) is 0 Å². The molecule has 1 aliphatic heterocycles. The summed E-state index contributed by atoms with van der Waals surface area (Å²) >= 11 is 1.64. The van der Waals surface area contributed by atoms with Crippen molar-refractivity contribution in [2.45, 2.75) is 19.8 Å². The molecule has 1 aliphatic rings. The molecule has 2 heterocycles. The van der Waals surface area contributed by atoms with Crippen LogP contribution in [0.1, 0.15) is 17.0 Å². The van der Waals surface area contributed by atoms with Crippen molar-refractivity contribution >= 4 is 23.2 Å². The monoisotopic (exact) mass is 387 g/mol. The highest BCUT2D eigenvalue weighted by Crippen LogP contribution is 2.22. The maximum absolute atomic E-state index is 12.3. The Kier molecular flexibility index (Phi) is 6.58. The second-order valence-corrected chi connectivity index (χ2v) is 7.79. The number of carbonyl (C=O) groups excluding carboxylic acids is 2. The van der Waals surface area contributed by atoms with Gasteiger partial charge in [0.15, 0.2) is 0 Å². The van der Waals surface area contributed by atoms with E-state index in [1.807, 2.05) is 6.92 Å². The summed E-state index contributed by atoms with van der Waals surface area (Å²) in [6.07, 6.45) is 1.05. The number of methoxy groups -OCH3 is 1. The molecule has 2 amide bonds. The van der Waals surface area contributed by atoms with E-state index in [0.29, 0.717) is 26.2 Å². The Morgan fingerprint density at radius 3 is 2.81 bits per heavy atom. The van der Waals surface area contributed by atoms with Gasteiger partial charge in [-0.2, -0.15) is 0 Å². The van der Waals surface area contributed by atoms with Crippen molar-refractivity contribution in [2.24, 2.45) is 5.92 Å². The third-order valence-electron chi connectivity index (χ3n) is 4.73. The lowest BCUT2D eigenvalue weighted by molar-refractivity contribution is -0.129. The SMILES string of the molecule is COCCN1CC(C(=O)NCCc2ccc(-c3csc(C)n3)cc2)CC1=O. The Balaban J connectivity index is 1.44. The average molecular weight is 388 g/mol. The van der Waals surface area contributed by atoms with Gasteiger partial charge in [0.2, 0.25) is 11.8 Å². The van der Waals surface area contributed by atoms with Gasteiger partial charge < -0.3 is 15.0 Å². The molecule has 144 valence electrons. The summed E-state index contributed by atoms with van der Waals surface area (Å²) in [5.41, 5.74) is 3.27. The number of thiazole rings is 1. The largest absolute Gasteiger partial charge is 0.383 e. The molecule has 1 fully saturated rings. The number of aromatic nitrogens is 1. The summed E-state index contributed by atoms with van der Waals surface area (Å²) in [6, 6.07) is 8.27. The standard InChI is InChI=1S/C20H25N3O3S/c1-14-22-18(13-27-14)16-5-3-15(4-6-16)7-8-21-20(25)17-11-19(24)23(12-17)9-10-26-2/h3-6,13,17H,7-12H2,1-2H3,(H,21,25). The Morgan fingerprint density at radius 2 is 2.15 bits per heavy atom. The van der Waals surface area contributed by atoms with Crippen LogP contribution in [-0.4, -0.2) is 55.0 Å². The second-order valence-electron chi connectivity index (χ2n) is 6.72. The molecule has 3 rings (SSSR count). The zero-order valence-electron chi connectivity index (χ0n) is 15.7. The minimum Gasteiger partial charge on any atom is -0.383 e. The first-order valence-corrected chi connectivity index (χ1v) is 10.0. The van der Waals surface area contributed by atoms with Crippen LogP contribution in [0.5, 0.6) is 0 Å². The molecule has 0 aliphatic carbocycles. The third-order valence-corrected chi connectivity index (χ3v) is 5.51. The highest BCUT2D eigenvalue weighted by atomic mass is 32.1. The smallest absolute Gasteiger partial charge is 0.225 e. The molecule has 0 saturated carbocycles. The summed E-state index contributed by atoms with van der Waals surface area (Å²) in [5, 5.41) is 6.08. The zero-order chi connectivity index (χ0) is 19.2. The highest BCUT2D eigenvalue weighted by Gasteiger charge is 2.33. The van der Waals surface area contributed by atoms with Crippen LogP contribution in [0.25, 0.3) is 11.3 Å². The summed E-state index contributed by atoms with van der Waals surface area (Å²) < 4.78 is 5.00. The van der Waals surface area contributed by atoms with Gasteiger partial charge in [0.1, 0.15) is 0 Å². The molecule has 6 nitrogen and oxygen atoms in total. The lowest BCUT2D eigenvalue weighted by atomic mass is 10.1. The first-order chi connectivity index (χ1) is 13.1. The molecule has 1 N–H and O–H groups in total. The number of ether oxygens (including phenoxy) is 1. The van der Waals surface area contributed by atoms with Crippen LogP contribution in [0.15, 0.2) is 29.6 Å². The van der Waals surface area contributed by atoms with E-state index in [1.165, 1.54) is 0 Å². The van der Waals surface area contributed by atoms with Crippen molar-refractivity contribution in [2.75, 3.05) is 33.4 Å². The number of aryl methyl sites for hydroxylation is 1. The lowest BCUT2D eigenvalue weighted by Crippen LogP contribution is -2.34. The summed E-state index contributed by atoms with van der Waals surface area (Å²) in [5.74, 6) is -0.275. The van der Waals surface area contributed by atoms with E-state index in [0.717, 1.165) is 28.2 Å². The molecule has 1 aromatic heterocycles. The molecular weight excluding hydrogens is 362 g/mol. The number of likely N-dealkylation sites (tertiary alicyclic amines) is 1. The van der Waals surface area contributed by atoms with E-state index in [2.05, 4.69) is 39.9 Å². The molecule has 27 heavy (non-hydrogen) atoms. The van der Waals surface area contributed by atoms with Gasteiger partial charge in [-0.25, -0.2) is 4.98 Å². The van der Waals surface area contributed by atoms with Crippen LogP contribution in [0.3, 0.4) is 0 Å². The van der Waals surface area contributed by atoms with Crippen molar-refractivity contribution in [3.8, 4) is 11.3 Å². The Hall–Kier alpha value is -2.25. The molecular formula is C20H25N3O3S. The lowest BCUT2D eigenvalue weighted by Gasteiger charge is -2.15. The third kappa shape index (κ3) is 5.14. The number of hydrogen-bond acceptors (Lipinski definition) is 5. The number of benzene rings is 1. The number of hydrogen-bond donors (Lipinski definition) is 1. The normalized spacial score (nSPS) is 16.7. The summed E-state index contributed by atoms with van der Waals surface area (Å²) in [7, 11) is 1.61. The zero-order valence-corrected chi connectivity index (χ0v) is 16.6. The fourth-order valence-corrected chi connectivity index (χ4v) is 3.80. The predicted molar refractivity (Wildman–Crippen MR) is 106 cm³/mol. The Labute approximate surface area is 163 Å². The first kappa shape index (κ1) is 19.5. The molecule has 0 bridgehead atoms. The van der Waals surface area contributed by atoms with Gasteiger partial charge in [-0.3, -0.25) is 9.59 Å². The fourth-order valence-electron chi connectivity index (χ4n) is 3.18. The molecule has 1 aromatic carbocycles. The molecule has 1 saturated heterocycles. The van der Waals surface area contributed by atoms with Crippen molar-refractivity contribution < 1.29 is 14.3 Å². The molecule has 1 atom stereocenters. The predicted octanol–water partition coefficient (Wildman–Crippen LogP) is 2.27. The van der Waals surface area contributed by atoms with E-state index in [1.54, 1.807) is 23.3 Å². The first-order valence-electron chi connectivity index (χ1n) is 9.12. The van der Waals surface area contributed by atoms with Crippen LogP contribution >= 0.6 is 11.3 Å². The van der Waals surface area contributed by atoms with Crippen LogP contribution in [-0.2, 0) is 20.7 Å². The number of nitrogens with zero attached hydrogens (tertiary/aromatic N) is 2. The second kappa shape index (κ2) is 9.10.